The van der Waals surface area contributed by atoms with E-state index in [-0.39, 0.29) is 22.5 Å². The summed E-state index contributed by atoms with van der Waals surface area (Å²) >= 11 is 5.14. The monoisotopic (exact) mass is 451 g/mol. The first-order valence-corrected chi connectivity index (χ1v) is 11.3. The summed E-state index contributed by atoms with van der Waals surface area (Å²) in [4.78, 5) is 12.1. The van der Waals surface area contributed by atoms with E-state index in [1.165, 1.54) is 18.2 Å². The standard InChI is InChI=1S/C23H21N3O3S2/c27-22(16-11-18-7-3-1-4-8-18)26-23(30)25-20-12-14-21(15-13-20)31(28,29)24-17-19-9-5-2-6-10-19/h1-16,24H,17H2,(H2,25,26,27,30)/b16-11+. The predicted molar refractivity (Wildman–Crippen MR) is 127 cm³/mol. The molecule has 0 bridgehead atoms. The normalized spacial score (nSPS) is 11.2. The average Bonchev–Trinajstić information content (AvgIpc) is 2.78. The second-order valence-corrected chi connectivity index (χ2v) is 8.70. The molecule has 3 rings (SSSR count). The molecule has 0 heterocycles. The number of nitrogens with one attached hydrogen (secondary N) is 3. The molecule has 0 radical (unpaired) electrons. The maximum absolute atomic E-state index is 12.5. The molecule has 0 aromatic heterocycles. The zero-order valence-corrected chi connectivity index (χ0v) is 18.1. The Morgan fingerprint density at radius 3 is 2.13 bits per heavy atom. The van der Waals surface area contributed by atoms with E-state index in [4.69, 9.17) is 12.2 Å². The van der Waals surface area contributed by atoms with Gasteiger partial charge in [-0.15, -0.1) is 0 Å². The molecule has 158 valence electrons. The first-order chi connectivity index (χ1) is 14.9. The first-order valence-electron chi connectivity index (χ1n) is 9.41. The first kappa shape index (κ1) is 22.4. The minimum absolute atomic E-state index is 0.112. The zero-order valence-electron chi connectivity index (χ0n) is 16.5. The van der Waals surface area contributed by atoms with Gasteiger partial charge in [-0.05, 0) is 53.7 Å². The Morgan fingerprint density at radius 1 is 0.871 bits per heavy atom. The van der Waals surface area contributed by atoms with E-state index in [2.05, 4.69) is 15.4 Å². The van der Waals surface area contributed by atoms with Gasteiger partial charge in [0.25, 0.3) is 0 Å². The van der Waals surface area contributed by atoms with Crippen LogP contribution in [0.2, 0.25) is 0 Å². The summed E-state index contributed by atoms with van der Waals surface area (Å²) in [7, 11) is -3.65. The van der Waals surface area contributed by atoms with Crippen LogP contribution in [0.3, 0.4) is 0 Å². The fraction of sp³-hybridized carbons (Fsp3) is 0.0435. The highest BCUT2D eigenvalue weighted by atomic mass is 32.2. The summed E-state index contributed by atoms with van der Waals surface area (Å²) in [5, 5.41) is 5.52. The molecule has 8 heteroatoms. The van der Waals surface area contributed by atoms with Crippen LogP contribution >= 0.6 is 12.2 Å². The second-order valence-electron chi connectivity index (χ2n) is 6.52. The van der Waals surface area contributed by atoms with Crippen LogP contribution in [0.25, 0.3) is 6.08 Å². The number of carbonyl (C=O) groups excluding carboxylic acids is 1. The third-order valence-electron chi connectivity index (χ3n) is 4.20. The average molecular weight is 452 g/mol. The van der Waals surface area contributed by atoms with Crippen molar-refractivity contribution in [1.82, 2.24) is 10.0 Å². The van der Waals surface area contributed by atoms with Gasteiger partial charge in [-0.3, -0.25) is 10.1 Å². The molecule has 0 saturated carbocycles. The third-order valence-corrected chi connectivity index (χ3v) is 5.82. The van der Waals surface area contributed by atoms with E-state index >= 15 is 0 Å². The van der Waals surface area contributed by atoms with Crippen molar-refractivity contribution < 1.29 is 13.2 Å². The van der Waals surface area contributed by atoms with Crippen LogP contribution < -0.4 is 15.4 Å². The van der Waals surface area contributed by atoms with Crippen molar-refractivity contribution in [3.05, 3.63) is 102 Å². The van der Waals surface area contributed by atoms with Gasteiger partial charge >= 0.3 is 0 Å². The highest BCUT2D eigenvalue weighted by Gasteiger charge is 2.13. The van der Waals surface area contributed by atoms with E-state index in [9.17, 15) is 13.2 Å². The minimum atomic E-state index is -3.65. The lowest BCUT2D eigenvalue weighted by atomic mass is 10.2. The molecule has 3 aromatic rings. The molecule has 0 unspecified atom stereocenters. The molecule has 3 aromatic carbocycles. The lowest BCUT2D eigenvalue weighted by Crippen LogP contribution is -2.32. The molecule has 0 spiro atoms. The number of hydrogen-bond donors (Lipinski definition) is 3. The van der Waals surface area contributed by atoms with Crippen LogP contribution in [0, 0.1) is 0 Å². The molecule has 0 saturated heterocycles. The van der Waals surface area contributed by atoms with E-state index in [1.807, 2.05) is 60.7 Å². The Labute approximate surface area is 187 Å². The third kappa shape index (κ3) is 7.14. The summed E-state index contributed by atoms with van der Waals surface area (Å²) in [5.74, 6) is -0.370. The molecule has 0 aliphatic carbocycles. The van der Waals surface area contributed by atoms with Crippen molar-refractivity contribution in [3.8, 4) is 0 Å². The fourth-order valence-electron chi connectivity index (χ4n) is 2.63. The molecule has 6 nitrogen and oxygen atoms in total. The van der Waals surface area contributed by atoms with Crippen LogP contribution in [-0.2, 0) is 21.4 Å². The largest absolute Gasteiger partial charge is 0.332 e. The number of benzene rings is 3. The van der Waals surface area contributed by atoms with Crippen LogP contribution in [-0.4, -0.2) is 19.4 Å². The number of amides is 1. The summed E-state index contributed by atoms with van der Waals surface area (Å²) < 4.78 is 27.5. The second kappa shape index (κ2) is 10.6. The predicted octanol–water partition coefficient (Wildman–Crippen LogP) is 3.69. The molecule has 0 aliphatic rings. The maximum Gasteiger partial charge on any atom is 0.250 e. The molecule has 0 atom stereocenters. The van der Waals surface area contributed by atoms with Gasteiger partial charge in [0, 0.05) is 18.3 Å². The summed E-state index contributed by atoms with van der Waals surface area (Å²) in [6, 6.07) is 24.8. The Kier molecular flexibility index (Phi) is 7.66. The van der Waals surface area contributed by atoms with Gasteiger partial charge in [-0.2, -0.15) is 0 Å². The lowest BCUT2D eigenvalue weighted by Gasteiger charge is -2.10. The maximum atomic E-state index is 12.5. The Balaban J connectivity index is 1.53. The Morgan fingerprint density at radius 2 is 1.48 bits per heavy atom. The number of sulfonamides is 1. The van der Waals surface area contributed by atoms with Gasteiger partial charge in [-0.1, -0.05) is 60.7 Å². The molecule has 3 N–H and O–H groups in total. The van der Waals surface area contributed by atoms with Crippen LogP contribution in [0.1, 0.15) is 11.1 Å². The number of thiocarbonyl (C=S) groups is 1. The highest BCUT2D eigenvalue weighted by Crippen LogP contribution is 2.14. The van der Waals surface area contributed by atoms with E-state index in [0.717, 1.165) is 11.1 Å². The molecule has 31 heavy (non-hydrogen) atoms. The fourth-order valence-corrected chi connectivity index (χ4v) is 3.86. The number of rotatable bonds is 7. The molecule has 0 aliphatic heterocycles. The van der Waals surface area contributed by atoms with Crippen molar-refractivity contribution >= 4 is 45.0 Å². The quantitative estimate of drug-likeness (QED) is 0.377. The van der Waals surface area contributed by atoms with E-state index in [0.29, 0.717) is 5.69 Å². The van der Waals surface area contributed by atoms with Crippen molar-refractivity contribution in [2.24, 2.45) is 0 Å². The molecular weight excluding hydrogens is 430 g/mol. The minimum Gasteiger partial charge on any atom is -0.332 e. The molecule has 1 amide bonds. The van der Waals surface area contributed by atoms with Crippen LogP contribution in [0.15, 0.2) is 95.9 Å². The van der Waals surface area contributed by atoms with Gasteiger partial charge in [0.2, 0.25) is 15.9 Å². The topological polar surface area (TPSA) is 87.3 Å². The van der Waals surface area contributed by atoms with Gasteiger partial charge < -0.3 is 5.32 Å². The Hall–Kier alpha value is -3.33. The number of carbonyl (C=O) groups is 1. The summed E-state index contributed by atoms with van der Waals surface area (Å²) in [6.07, 6.45) is 3.07. The smallest absolute Gasteiger partial charge is 0.250 e. The number of anilines is 1. The SMILES string of the molecule is O=C(/C=C/c1ccccc1)NC(=S)Nc1ccc(S(=O)(=O)NCc2ccccc2)cc1. The zero-order chi connectivity index (χ0) is 22.1. The Bertz CT molecular complexity index is 1160. The van der Waals surface area contributed by atoms with Crippen LogP contribution in [0.5, 0.6) is 0 Å². The highest BCUT2D eigenvalue weighted by molar-refractivity contribution is 7.89. The summed E-state index contributed by atoms with van der Waals surface area (Å²) in [5.41, 5.74) is 2.32. The van der Waals surface area contributed by atoms with E-state index in [1.54, 1.807) is 18.2 Å². The van der Waals surface area contributed by atoms with Crippen molar-refractivity contribution in [3.63, 3.8) is 0 Å². The van der Waals surface area contributed by atoms with Crippen molar-refractivity contribution in [1.29, 1.82) is 0 Å². The van der Waals surface area contributed by atoms with Crippen molar-refractivity contribution in [2.75, 3.05) is 5.32 Å². The molecular formula is C23H21N3O3S2. The summed E-state index contributed by atoms with van der Waals surface area (Å²) in [6.45, 7) is 0.204. The molecule has 0 fully saturated rings. The van der Waals surface area contributed by atoms with E-state index < -0.39 is 10.0 Å². The van der Waals surface area contributed by atoms with Crippen molar-refractivity contribution in [2.45, 2.75) is 11.4 Å². The van der Waals surface area contributed by atoms with Gasteiger partial charge in [0.15, 0.2) is 5.11 Å². The van der Waals surface area contributed by atoms with Gasteiger partial charge in [0.05, 0.1) is 4.90 Å². The lowest BCUT2D eigenvalue weighted by molar-refractivity contribution is -0.115. The van der Waals surface area contributed by atoms with Crippen LogP contribution in [0.4, 0.5) is 5.69 Å². The number of hydrogen-bond acceptors (Lipinski definition) is 4. The van der Waals surface area contributed by atoms with Gasteiger partial charge in [-0.25, -0.2) is 13.1 Å². The van der Waals surface area contributed by atoms with Gasteiger partial charge in [0.1, 0.15) is 0 Å².